The van der Waals surface area contributed by atoms with Gasteiger partial charge in [-0.2, -0.15) is 18.3 Å². The Morgan fingerprint density at radius 2 is 2.18 bits per heavy atom. The predicted molar refractivity (Wildman–Crippen MR) is 92.6 cm³/mol. The van der Waals surface area contributed by atoms with E-state index in [0.29, 0.717) is 36.6 Å². The zero-order chi connectivity index (χ0) is 20.5. The van der Waals surface area contributed by atoms with Crippen molar-refractivity contribution >= 4 is 5.91 Å². The molecular formula is C17H21F3N6O2. The molecule has 8 nitrogen and oxygen atoms in total. The lowest BCUT2D eigenvalue weighted by molar-refractivity contribution is -0.143. The van der Waals surface area contributed by atoms with Gasteiger partial charge in [0.15, 0.2) is 5.69 Å². The standard InChI is InChI=1S/C17H21F3N6O2/c1-4-5-24-8-13(21-23-24)16(27)25-6-7-28-9-14(25)15-11(2)22-26(12(15)3)10-17(18,19)20/h4,8,14H,1,5-7,9-10H2,2-3H3. The molecule has 152 valence electrons. The molecule has 1 unspecified atom stereocenters. The zero-order valence-electron chi connectivity index (χ0n) is 15.6. The van der Waals surface area contributed by atoms with Crippen molar-refractivity contribution in [1.82, 2.24) is 29.7 Å². The van der Waals surface area contributed by atoms with Crippen molar-refractivity contribution in [1.29, 1.82) is 0 Å². The van der Waals surface area contributed by atoms with Gasteiger partial charge in [-0.25, -0.2) is 4.68 Å². The fraction of sp³-hybridized carbons (Fsp3) is 0.529. The monoisotopic (exact) mass is 398 g/mol. The Morgan fingerprint density at radius 3 is 2.86 bits per heavy atom. The minimum absolute atomic E-state index is 0.159. The lowest BCUT2D eigenvalue weighted by Crippen LogP contribution is -2.44. The van der Waals surface area contributed by atoms with Gasteiger partial charge < -0.3 is 9.64 Å². The number of morpholine rings is 1. The summed E-state index contributed by atoms with van der Waals surface area (Å²) in [4.78, 5) is 14.5. The number of aromatic nitrogens is 5. The van der Waals surface area contributed by atoms with Crippen molar-refractivity contribution in [3.05, 3.63) is 41.5 Å². The third-order valence-corrected chi connectivity index (χ3v) is 4.56. The number of halogens is 3. The third kappa shape index (κ3) is 4.08. The summed E-state index contributed by atoms with van der Waals surface area (Å²) in [6.07, 6.45) is -1.24. The molecule has 0 saturated carbocycles. The fourth-order valence-electron chi connectivity index (χ4n) is 3.37. The van der Waals surface area contributed by atoms with Crippen LogP contribution in [0.2, 0.25) is 0 Å². The van der Waals surface area contributed by atoms with Gasteiger partial charge in [-0.05, 0) is 13.8 Å². The highest BCUT2D eigenvalue weighted by atomic mass is 19.4. The number of allylic oxidation sites excluding steroid dienone is 1. The number of hydrogen-bond acceptors (Lipinski definition) is 5. The van der Waals surface area contributed by atoms with E-state index in [1.165, 1.54) is 10.9 Å². The minimum atomic E-state index is -4.39. The second-order valence-electron chi connectivity index (χ2n) is 6.56. The van der Waals surface area contributed by atoms with Crippen LogP contribution in [-0.4, -0.2) is 61.5 Å². The lowest BCUT2D eigenvalue weighted by Gasteiger charge is -2.35. The predicted octanol–water partition coefficient (Wildman–Crippen LogP) is 2.05. The van der Waals surface area contributed by atoms with Crippen molar-refractivity contribution in [2.75, 3.05) is 19.8 Å². The lowest BCUT2D eigenvalue weighted by atomic mass is 10.0. The van der Waals surface area contributed by atoms with Gasteiger partial charge in [0.2, 0.25) is 0 Å². The number of hydrogen-bond donors (Lipinski definition) is 0. The Bertz CT molecular complexity index is 873. The largest absolute Gasteiger partial charge is 0.408 e. The quantitative estimate of drug-likeness (QED) is 0.721. The molecule has 1 aliphatic rings. The van der Waals surface area contributed by atoms with Gasteiger partial charge in [0, 0.05) is 17.8 Å². The van der Waals surface area contributed by atoms with E-state index in [2.05, 4.69) is 22.0 Å². The topological polar surface area (TPSA) is 78.1 Å². The molecule has 2 aromatic rings. The molecule has 0 aromatic carbocycles. The Morgan fingerprint density at radius 1 is 1.43 bits per heavy atom. The van der Waals surface area contributed by atoms with Crippen LogP contribution >= 0.6 is 0 Å². The highest BCUT2D eigenvalue weighted by molar-refractivity contribution is 5.92. The summed E-state index contributed by atoms with van der Waals surface area (Å²) in [5.74, 6) is -0.356. The Hall–Kier alpha value is -2.69. The van der Waals surface area contributed by atoms with Gasteiger partial charge in [-0.15, -0.1) is 11.7 Å². The van der Waals surface area contributed by atoms with Crippen LogP contribution in [0, 0.1) is 13.8 Å². The van der Waals surface area contributed by atoms with Crippen LogP contribution in [0.3, 0.4) is 0 Å². The van der Waals surface area contributed by atoms with E-state index in [1.54, 1.807) is 24.8 Å². The number of rotatable bonds is 5. The molecule has 2 aromatic heterocycles. The van der Waals surface area contributed by atoms with Crippen molar-refractivity contribution in [2.45, 2.75) is 39.2 Å². The second-order valence-corrected chi connectivity index (χ2v) is 6.56. The van der Waals surface area contributed by atoms with Crippen LogP contribution in [0.25, 0.3) is 0 Å². The average molecular weight is 398 g/mol. The number of alkyl halides is 3. The van der Waals surface area contributed by atoms with Crippen LogP contribution in [0.15, 0.2) is 18.9 Å². The maximum atomic E-state index is 13.0. The first-order chi connectivity index (χ1) is 13.2. The molecule has 1 saturated heterocycles. The van der Waals surface area contributed by atoms with E-state index in [9.17, 15) is 18.0 Å². The highest BCUT2D eigenvalue weighted by Crippen LogP contribution is 2.31. The molecular weight excluding hydrogens is 377 g/mol. The van der Waals surface area contributed by atoms with E-state index in [4.69, 9.17) is 4.74 Å². The maximum Gasteiger partial charge on any atom is 0.408 e. The van der Waals surface area contributed by atoms with Gasteiger partial charge in [0.25, 0.3) is 5.91 Å². The van der Waals surface area contributed by atoms with Crippen LogP contribution in [0.5, 0.6) is 0 Å². The highest BCUT2D eigenvalue weighted by Gasteiger charge is 2.36. The summed E-state index contributed by atoms with van der Waals surface area (Å²) in [5, 5.41) is 11.8. The van der Waals surface area contributed by atoms with E-state index in [-0.39, 0.29) is 18.2 Å². The third-order valence-electron chi connectivity index (χ3n) is 4.56. The van der Waals surface area contributed by atoms with Gasteiger partial charge >= 0.3 is 6.18 Å². The molecule has 1 aliphatic heterocycles. The van der Waals surface area contributed by atoms with Crippen molar-refractivity contribution < 1.29 is 22.7 Å². The minimum Gasteiger partial charge on any atom is -0.377 e. The fourth-order valence-corrected chi connectivity index (χ4v) is 3.37. The molecule has 1 atom stereocenters. The van der Waals surface area contributed by atoms with E-state index in [0.717, 1.165) is 4.68 Å². The van der Waals surface area contributed by atoms with Gasteiger partial charge in [-0.1, -0.05) is 11.3 Å². The first-order valence-corrected chi connectivity index (χ1v) is 8.71. The second kappa shape index (κ2) is 7.74. The molecule has 0 radical (unpaired) electrons. The summed E-state index contributed by atoms with van der Waals surface area (Å²) in [7, 11) is 0. The van der Waals surface area contributed by atoms with Crippen molar-refractivity contribution in [3.63, 3.8) is 0 Å². The SMILES string of the molecule is C=CCn1cc(C(=O)N2CCOCC2c2c(C)nn(CC(F)(F)F)c2C)nn1. The van der Waals surface area contributed by atoms with Crippen LogP contribution in [0.4, 0.5) is 13.2 Å². The number of aryl methyl sites for hydroxylation is 1. The number of amides is 1. The first kappa shape index (κ1) is 20.1. The Balaban J connectivity index is 1.91. The van der Waals surface area contributed by atoms with Crippen molar-refractivity contribution in [2.24, 2.45) is 0 Å². The van der Waals surface area contributed by atoms with Crippen LogP contribution < -0.4 is 0 Å². The molecule has 0 N–H and O–H groups in total. The molecule has 1 fully saturated rings. The van der Waals surface area contributed by atoms with Crippen LogP contribution in [-0.2, 0) is 17.8 Å². The summed E-state index contributed by atoms with van der Waals surface area (Å²) in [6.45, 7) is 6.83. The first-order valence-electron chi connectivity index (χ1n) is 8.71. The number of carbonyl (C=O) groups excluding carboxylic acids is 1. The van der Waals surface area contributed by atoms with E-state index < -0.39 is 18.8 Å². The van der Waals surface area contributed by atoms with Gasteiger partial charge in [0.05, 0.1) is 37.7 Å². The maximum absolute atomic E-state index is 13.0. The summed E-state index contributed by atoms with van der Waals surface area (Å²) < 4.78 is 46.4. The number of nitrogens with zero attached hydrogens (tertiary/aromatic N) is 6. The van der Waals surface area contributed by atoms with E-state index >= 15 is 0 Å². The Kier molecular flexibility index (Phi) is 5.54. The molecule has 0 spiro atoms. The van der Waals surface area contributed by atoms with Crippen molar-refractivity contribution in [3.8, 4) is 0 Å². The number of carbonyl (C=O) groups is 1. The Labute approximate surface area is 159 Å². The molecule has 3 rings (SSSR count). The summed E-state index contributed by atoms with van der Waals surface area (Å²) in [5.41, 5.74) is 1.52. The molecule has 28 heavy (non-hydrogen) atoms. The zero-order valence-corrected chi connectivity index (χ0v) is 15.6. The average Bonchev–Trinajstić information content (AvgIpc) is 3.18. The molecule has 11 heteroatoms. The summed E-state index contributed by atoms with van der Waals surface area (Å²) in [6, 6.07) is -0.548. The molecule has 1 amide bonds. The summed E-state index contributed by atoms with van der Waals surface area (Å²) >= 11 is 0. The normalized spacial score (nSPS) is 17.8. The number of ether oxygens (including phenoxy) is 1. The molecule has 0 aliphatic carbocycles. The molecule has 0 bridgehead atoms. The smallest absolute Gasteiger partial charge is 0.377 e. The van der Waals surface area contributed by atoms with Gasteiger partial charge in [0.1, 0.15) is 6.54 Å². The van der Waals surface area contributed by atoms with Crippen LogP contribution in [0.1, 0.15) is 33.5 Å². The van der Waals surface area contributed by atoms with E-state index in [1.807, 2.05) is 0 Å². The van der Waals surface area contributed by atoms with Gasteiger partial charge in [-0.3, -0.25) is 9.48 Å². The molecule has 3 heterocycles.